The minimum Gasteiger partial charge on any atom is -0.479 e. The van der Waals surface area contributed by atoms with E-state index >= 15 is 0 Å². The Hall–Kier alpha value is -1.22. The highest BCUT2D eigenvalue weighted by Crippen LogP contribution is 2.21. The number of aryl methyl sites for hydroxylation is 3. The molecule has 0 aliphatic rings. The van der Waals surface area contributed by atoms with Gasteiger partial charge in [0.1, 0.15) is 0 Å². The van der Waals surface area contributed by atoms with Crippen molar-refractivity contribution in [3.8, 4) is 0 Å². The molecule has 0 amide bonds. The summed E-state index contributed by atoms with van der Waals surface area (Å²) >= 11 is 5.60. The summed E-state index contributed by atoms with van der Waals surface area (Å²) < 4.78 is 0. The Labute approximate surface area is 94.1 Å². The molecule has 1 aromatic rings. The number of rotatable bonds is 3. The first-order valence-corrected chi connectivity index (χ1v) is 5.06. The molecule has 0 heterocycles. The Bertz CT molecular complexity index is 390. The Morgan fingerprint density at radius 3 is 2.33 bits per heavy atom. The van der Waals surface area contributed by atoms with Crippen molar-refractivity contribution < 1.29 is 9.90 Å². The normalized spacial score (nSPS) is 12.3. The Morgan fingerprint density at radius 1 is 1.27 bits per heavy atom. The lowest BCUT2D eigenvalue weighted by atomic mass is 10.1. The first-order chi connectivity index (χ1) is 6.91. The second-order valence-corrected chi connectivity index (χ2v) is 4.03. The van der Waals surface area contributed by atoms with Crippen molar-refractivity contribution in [2.75, 3.05) is 5.32 Å². The van der Waals surface area contributed by atoms with Gasteiger partial charge in [0.05, 0.1) is 0 Å². The Balaban J connectivity index is 2.95. The van der Waals surface area contributed by atoms with E-state index in [9.17, 15) is 4.79 Å². The SMILES string of the molecule is Cc1cc(C)c(NC(Cl)C(=O)O)cc1C. The van der Waals surface area contributed by atoms with Gasteiger partial charge in [-0.05, 0) is 43.5 Å². The predicted octanol–water partition coefficient (Wildman–Crippen LogP) is 2.67. The molecule has 0 saturated heterocycles. The summed E-state index contributed by atoms with van der Waals surface area (Å²) in [5, 5.41) is 11.4. The minimum atomic E-state index is -1.09. The van der Waals surface area contributed by atoms with E-state index in [1.165, 1.54) is 5.56 Å². The zero-order valence-electron chi connectivity index (χ0n) is 8.97. The van der Waals surface area contributed by atoms with Crippen LogP contribution in [0.3, 0.4) is 0 Å². The first kappa shape index (κ1) is 11.9. The smallest absolute Gasteiger partial charge is 0.341 e. The van der Waals surface area contributed by atoms with E-state index in [1.807, 2.05) is 32.9 Å². The molecule has 0 spiro atoms. The van der Waals surface area contributed by atoms with Crippen LogP contribution in [0.15, 0.2) is 12.1 Å². The lowest BCUT2D eigenvalue weighted by molar-refractivity contribution is -0.136. The van der Waals surface area contributed by atoms with Gasteiger partial charge in [0.15, 0.2) is 5.50 Å². The Kier molecular flexibility index (Phi) is 3.58. The molecule has 0 aliphatic carbocycles. The molecule has 0 saturated carbocycles. The van der Waals surface area contributed by atoms with E-state index in [-0.39, 0.29) is 0 Å². The average Bonchev–Trinajstić information content (AvgIpc) is 2.13. The number of nitrogens with one attached hydrogen (secondary N) is 1. The van der Waals surface area contributed by atoms with Gasteiger partial charge in [-0.2, -0.15) is 0 Å². The summed E-state index contributed by atoms with van der Waals surface area (Å²) in [6.45, 7) is 5.91. The van der Waals surface area contributed by atoms with Gasteiger partial charge in [0.25, 0.3) is 0 Å². The number of alkyl halides is 1. The second-order valence-electron chi connectivity index (χ2n) is 3.60. The number of aliphatic carboxylic acids is 1. The summed E-state index contributed by atoms with van der Waals surface area (Å²) in [7, 11) is 0. The van der Waals surface area contributed by atoms with Crippen LogP contribution in [-0.4, -0.2) is 16.6 Å². The topological polar surface area (TPSA) is 49.3 Å². The van der Waals surface area contributed by atoms with E-state index in [2.05, 4.69) is 5.32 Å². The number of carboxylic acid groups (broad SMARTS) is 1. The molecular formula is C11H14ClNO2. The molecule has 0 aliphatic heterocycles. The average molecular weight is 228 g/mol. The van der Waals surface area contributed by atoms with Crippen LogP contribution < -0.4 is 5.32 Å². The molecule has 1 unspecified atom stereocenters. The fraction of sp³-hybridized carbons (Fsp3) is 0.364. The van der Waals surface area contributed by atoms with Crippen LogP contribution in [0.25, 0.3) is 0 Å². The van der Waals surface area contributed by atoms with E-state index in [0.29, 0.717) is 0 Å². The molecule has 3 nitrogen and oxygen atoms in total. The summed E-state index contributed by atoms with van der Waals surface area (Å²) in [5.41, 5.74) is 2.95. The second kappa shape index (κ2) is 4.53. The largest absolute Gasteiger partial charge is 0.479 e. The third-order valence-electron chi connectivity index (χ3n) is 2.34. The summed E-state index contributed by atoms with van der Waals surface area (Å²) in [4.78, 5) is 10.6. The number of halogens is 1. The van der Waals surface area contributed by atoms with Gasteiger partial charge in [0.2, 0.25) is 0 Å². The maximum absolute atomic E-state index is 10.6. The summed E-state index contributed by atoms with van der Waals surface area (Å²) in [5.74, 6) is -1.07. The summed E-state index contributed by atoms with van der Waals surface area (Å²) in [6.07, 6.45) is 0. The lowest BCUT2D eigenvalue weighted by Gasteiger charge is -2.13. The predicted molar refractivity (Wildman–Crippen MR) is 61.6 cm³/mol. The van der Waals surface area contributed by atoms with Gasteiger partial charge in [-0.25, -0.2) is 4.79 Å². The molecule has 15 heavy (non-hydrogen) atoms. The van der Waals surface area contributed by atoms with Gasteiger partial charge in [0, 0.05) is 5.69 Å². The molecule has 1 atom stereocenters. The molecule has 0 bridgehead atoms. The van der Waals surface area contributed by atoms with Crippen LogP contribution in [0.2, 0.25) is 0 Å². The van der Waals surface area contributed by atoms with Gasteiger partial charge in [-0.1, -0.05) is 17.7 Å². The lowest BCUT2D eigenvalue weighted by Crippen LogP contribution is -2.23. The fourth-order valence-corrected chi connectivity index (χ4v) is 1.43. The molecule has 0 fully saturated rings. The van der Waals surface area contributed by atoms with Gasteiger partial charge in [-0.3, -0.25) is 0 Å². The van der Waals surface area contributed by atoms with Crippen molar-refractivity contribution >= 4 is 23.3 Å². The molecule has 2 N–H and O–H groups in total. The van der Waals surface area contributed by atoms with Crippen molar-refractivity contribution in [1.29, 1.82) is 0 Å². The molecule has 1 rings (SSSR count). The highest BCUT2D eigenvalue weighted by Gasteiger charge is 2.14. The highest BCUT2D eigenvalue weighted by molar-refractivity contribution is 6.30. The Morgan fingerprint density at radius 2 is 1.80 bits per heavy atom. The molecule has 4 heteroatoms. The fourth-order valence-electron chi connectivity index (χ4n) is 1.31. The maximum atomic E-state index is 10.6. The van der Waals surface area contributed by atoms with E-state index in [0.717, 1.165) is 16.8 Å². The number of carbonyl (C=O) groups is 1. The number of anilines is 1. The van der Waals surface area contributed by atoms with Crippen LogP contribution in [-0.2, 0) is 4.79 Å². The third kappa shape index (κ3) is 2.86. The van der Waals surface area contributed by atoms with Gasteiger partial charge >= 0.3 is 5.97 Å². The zero-order chi connectivity index (χ0) is 11.6. The van der Waals surface area contributed by atoms with Crippen LogP contribution in [0.4, 0.5) is 5.69 Å². The van der Waals surface area contributed by atoms with E-state index in [4.69, 9.17) is 16.7 Å². The standard InChI is InChI=1S/C11H14ClNO2/c1-6-4-8(3)9(5-7(6)2)13-10(12)11(14)15/h4-5,10,13H,1-3H3,(H,14,15). The number of carboxylic acids is 1. The minimum absolute atomic E-state index is 0.764. The number of hydrogen-bond acceptors (Lipinski definition) is 2. The molecular weight excluding hydrogens is 214 g/mol. The van der Waals surface area contributed by atoms with Crippen molar-refractivity contribution in [3.63, 3.8) is 0 Å². The van der Waals surface area contributed by atoms with Crippen LogP contribution in [0.5, 0.6) is 0 Å². The van der Waals surface area contributed by atoms with Crippen LogP contribution in [0, 0.1) is 20.8 Å². The first-order valence-electron chi connectivity index (χ1n) is 4.63. The zero-order valence-corrected chi connectivity index (χ0v) is 9.72. The highest BCUT2D eigenvalue weighted by atomic mass is 35.5. The van der Waals surface area contributed by atoms with Crippen molar-refractivity contribution in [2.45, 2.75) is 26.3 Å². The van der Waals surface area contributed by atoms with E-state index < -0.39 is 11.5 Å². The van der Waals surface area contributed by atoms with Crippen molar-refractivity contribution in [2.24, 2.45) is 0 Å². The number of hydrogen-bond donors (Lipinski definition) is 2. The maximum Gasteiger partial charge on any atom is 0.341 e. The summed E-state index contributed by atoms with van der Waals surface area (Å²) in [6, 6.07) is 3.91. The molecule has 0 aromatic heterocycles. The van der Waals surface area contributed by atoms with Crippen molar-refractivity contribution in [1.82, 2.24) is 0 Å². The van der Waals surface area contributed by atoms with Crippen LogP contribution >= 0.6 is 11.6 Å². The molecule has 1 aromatic carbocycles. The molecule has 82 valence electrons. The van der Waals surface area contributed by atoms with Gasteiger partial charge < -0.3 is 10.4 Å². The number of benzene rings is 1. The van der Waals surface area contributed by atoms with Gasteiger partial charge in [-0.15, -0.1) is 0 Å². The van der Waals surface area contributed by atoms with E-state index in [1.54, 1.807) is 0 Å². The molecule has 0 radical (unpaired) electrons. The quantitative estimate of drug-likeness (QED) is 0.617. The van der Waals surface area contributed by atoms with Crippen molar-refractivity contribution in [3.05, 3.63) is 28.8 Å². The van der Waals surface area contributed by atoms with Crippen LogP contribution in [0.1, 0.15) is 16.7 Å². The monoisotopic (exact) mass is 227 g/mol. The third-order valence-corrected chi connectivity index (χ3v) is 2.64.